The summed E-state index contributed by atoms with van der Waals surface area (Å²) < 4.78 is 11.3. The number of nitrogens with one attached hydrogen (secondary N) is 1. The van der Waals surface area contributed by atoms with Crippen LogP contribution >= 0.6 is 0 Å². The van der Waals surface area contributed by atoms with Crippen LogP contribution in [0.15, 0.2) is 78.9 Å². The number of carbonyl (C=O) groups is 1. The molecular formula is C25H28N2O3. The summed E-state index contributed by atoms with van der Waals surface area (Å²) in [5, 5.41) is 2.98. The molecule has 0 bridgehead atoms. The van der Waals surface area contributed by atoms with Gasteiger partial charge in [-0.25, -0.2) is 0 Å². The van der Waals surface area contributed by atoms with Crippen molar-refractivity contribution in [3.8, 4) is 22.6 Å². The molecule has 1 amide bonds. The summed E-state index contributed by atoms with van der Waals surface area (Å²) in [4.78, 5) is 14.6. The van der Waals surface area contributed by atoms with Gasteiger partial charge in [-0.3, -0.25) is 4.79 Å². The van der Waals surface area contributed by atoms with Gasteiger partial charge in [0.15, 0.2) is 6.61 Å². The molecule has 156 valence electrons. The maximum absolute atomic E-state index is 12.5. The molecule has 30 heavy (non-hydrogen) atoms. The van der Waals surface area contributed by atoms with Crippen LogP contribution in [0.5, 0.6) is 11.5 Å². The summed E-state index contributed by atoms with van der Waals surface area (Å²) in [7, 11) is 5.62. The third-order valence-electron chi connectivity index (χ3n) is 4.94. The Morgan fingerprint density at radius 3 is 2.23 bits per heavy atom. The third-order valence-corrected chi connectivity index (χ3v) is 4.94. The van der Waals surface area contributed by atoms with E-state index in [1.54, 1.807) is 7.11 Å². The number of amides is 1. The number of hydrogen-bond acceptors (Lipinski definition) is 4. The zero-order chi connectivity index (χ0) is 21.3. The predicted molar refractivity (Wildman–Crippen MR) is 120 cm³/mol. The van der Waals surface area contributed by atoms with Crippen LogP contribution in [0.1, 0.15) is 11.6 Å². The van der Waals surface area contributed by atoms with E-state index in [-0.39, 0.29) is 18.6 Å². The smallest absolute Gasteiger partial charge is 0.258 e. The van der Waals surface area contributed by atoms with Gasteiger partial charge in [0.2, 0.25) is 0 Å². The maximum Gasteiger partial charge on any atom is 0.258 e. The Labute approximate surface area is 178 Å². The Morgan fingerprint density at radius 1 is 0.900 bits per heavy atom. The van der Waals surface area contributed by atoms with Crippen LogP contribution in [0.3, 0.4) is 0 Å². The van der Waals surface area contributed by atoms with Gasteiger partial charge < -0.3 is 19.7 Å². The van der Waals surface area contributed by atoms with Crippen molar-refractivity contribution in [2.24, 2.45) is 0 Å². The van der Waals surface area contributed by atoms with Gasteiger partial charge in [0.25, 0.3) is 5.91 Å². The van der Waals surface area contributed by atoms with E-state index < -0.39 is 0 Å². The van der Waals surface area contributed by atoms with Crippen LogP contribution in [0.25, 0.3) is 11.1 Å². The van der Waals surface area contributed by atoms with Crippen LogP contribution in [0.4, 0.5) is 0 Å². The van der Waals surface area contributed by atoms with Gasteiger partial charge in [-0.05, 0) is 31.8 Å². The zero-order valence-electron chi connectivity index (χ0n) is 17.7. The van der Waals surface area contributed by atoms with Crippen molar-refractivity contribution in [3.05, 3.63) is 84.4 Å². The molecule has 0 saturated heterocycles. The SMILES string of the molecule is COc1ccccc1[C@@H](CNC(=O)COc1ccccc1-c1ccccc1)N(C)C. The van der Waals surface area contributed by atoms with E-state index in [1.165, 1.54) is 0 Å². The van der Waals surface area contributed by atoms with E-state index in [9.17, 15) is 4.79 Å². The Morgan fingerprint density at radius 2 is 1.53 bits per heavy atom. The first-order chi connectivity index (χ1) is 14.6. The van der Waals surface area contributed by atoms with Gasteiger partial charge in [0.1, 0.15) is 11.5 Å². The molecule has 0 aliphatic heterocycles. The van der Waals surface area contributed by atoms with Gasteiger partial charge >= 0.3 is 0 Å². The Kier molecular flexibility index (Phi) is 7.46. The van der Waals surface area contributed by atoms with Gasteiger partial charge in [-0.1, -0.05) is 66.7 Å². The summed E-state index contributed by atoms with van der Waals surface area (Å²) in [6.45, 7) is 0.409. The molecule has 0 saturated carbocycles. The molecule has 0 fully saturated rings. The van der Waals surface area contributed by atoms with E-state index in [0.29, 0.717) is 12.3 Å². The van der Waals surface area contributed by atoms with Gasteiger partial charge in [0.05, 0.1) is 13.2 Å². The average molecular weight is 405 g/mol. The number of likely N-dealkylation sites (N-methyl/N-ethyl adjacent to an activating group) is 1. The number of benzene rings is 3. The molecule has 1 N–H and O–H groups in total. The average Bonchev–Trinajstić information content (AvgIpc) is 2.78. The summed E-state index contributed by atoms with van der Waals surface area (Å²) in [5.74, 6) is 1.32. The van der Waals surface area contributed by atoms with Crippen molar-refractivity contribution < 1.29 is 14.3 Å². The highest BCUT2D eigenvalue weighted by Crippen LogP contribution is 2.30. The lowest BCUT2D eigenvalue weighted by Gasteiger charge is -2.26. The number of hydrogen-bond donors (Lipinski definition) is 1. The lowest BCUT2D eigenvalue weighted by atomic mass is 10.0. The Hall–Kier alpha value is -3.31. The second-order valence-corrected chi connectivity index (χ2v) is 7.18. The van der Waals surface area contributed by atoms with Crippen LogP contribution in [-0.4, -0.2) is 45.2 Å². The fourth-order valence-corrected chi connectivity index (χ4v) is 3.37. The fourth-order valence-electron chi connectivity index (χ4n) is 3.37. The first kappa shape index (κ1) is 21.4. The van der Waals surface area contributed by atoms with Crippen LogP contribution in [-0.2, 0) is 4.79 Å². The third kappa shape index (κ3) is 5.39. The van der Waals surface area contributed by atoms with Crippen molar-refractivity contribution in [2.75, 3.05) is 34.4 Å². The topological polar surface area (TPSA) is 50.8 Å². The molecule has 3 aromatic rings. The number of para-hydroxylation sites is 2. The minimum atomic E-state index is -0.167. The van der Waals surface area contributed by atoms with E-state index in [4.69, 9.17) is 9.47 Å². The molecule has 5 heteroatoms. The number of nitrogens with zero attached hydrogens (tertiary/aromatic N) is 1. The number of carbonyl (C=O) groups excluding carboxylic acids is 1. The molecule has 1 atom stereocenters. The molecule has 5 nitrogen and oxygen atoms in total. The largest absolute Gasteiger partial charge is 0.496 e. The molecule has 0 aromatic heterocycles. The standard InChI is InChI=1S/C25H28N2O3/c1-27(2)22(21-14-8-9-15-23(21)29-3)17-26-25(28)18-30-24-16-10-7-13-20(24)19-11-5-4-6-12-19/h4-16,22H,17-18H2,1-3H3,(H,26,28)/t22-/m1/s1. The molecule has 3 aromatic carbocycles. The minimum Gasteiger partial charge on any atom is -0.496 e. The van der Waals surface area contributed by atoms with Crippen molar-refractivity contribution >= 4 is 5.91 Å². The summed E-state index contributed by atoms with van der Waals surface area (Å²) in [6.07, 6.45) is 0. The van der Waals surface area contributed by atoms with Crippen LogP contribution in [0.2, 0.25) is 0 Å². The first-order valence-electron chi connectivity index (χ1n) is 9.93. The molecule has 0 unspecified atom stereocenters. The van der Waals surface area contributed by atoms with Gasteiger partial charge in [-0.15, -0.1) is 0 Å². The number of ether oxygens (including phenoxy) is 2. The molecule has 3 rings (SSSR count). The highest BCUT2D eigenvalue weighted by molar-refractivity contribution is 5.78. The molecule has 0 radical (unpaired) electrons. The molecular weight excluding hydrogens is 376 g/mol. The van der Waals surface area contributed by atoms with Crippen molar-refractivity contribution in [2.45, 2.75) is 6.04 Å². The highest BCUT2D eigenvalue weighted by Gasteiger charge is 2.19. The van der Waals surface area contributed by atoms with E-state index in [1.807, 2.05) is 93.0 Å². The fraction of sp³-hybridized carbons (Fsp3) is 0.240. The number of rotatable bonds is 9. The highest BCUT2D eigenvalue weighted by atomic mass is 16.5. The van der Waals surface area contributed by atoms with Crippen LogP contribution < -0.4 is 14.8 Å². The monoisotopic (exact) mass is 404 g/mol. The second kappa shape index (κ2) is 10.5. The Balaban J connectivity index is 1.63. The molecule has 0 spiro atoms. The van der Waals surface area contributed by atoms with E-state index >= 15 is 0 Å². The maximum atomic E-state index is 12.5. The van der Waals surface area contributed by atoms with Crippen molar-refractivity contribution in [3.63, 3.8) is 0 Å². The van der Waals surface area contributed by atoms with E-state index in [0.717, 1.165) is 22.4 Å². The minimum absolute atomic E-state index is 0.0123. The van der Waals surface area contributed by atoms with Gasteiger partial charge in [-0.2, -0.15) is 0 Å². The molecule has 0 aliphatic carbocycles. The molecule has 0 heterocycles. The predicted octanol–water partition coefficient (Wildman–Crippen LogP) is 4.16. The van der Waals surface area contributed by atoms with Gasteiger partial charge in [0, 0.05) is 17.7 Å². The summed E-state index contributed by atoms with van der Waals surface area (Å²) >= 11 is 0. The lowest BCUT2D eigenvalue weighted by Crippen LogP contribution is -2.37. The summed E-state index contributed by atoms with van der Waals surface area (Å²) in [6, 6.07) is 25.6. The second-order valence-electron chi connectivity index (χ2n) is 7.18. The zero-order valence-corrected chi connectivity index (χ0v) is 17.7. The summed E-state index contributed by atoms with van der Waals surface area (Å²) in [5.41, 5.74) is 3.05. The lowest BCUT2D eigenvalue weighted by molar-refractivity contribution is -0.123. The van der Waals surface area contributed by atoms with Crippen molar-refractivity contribution in [1.82, 2.24) is 10.2 Å². The quantitative estimate of drug-likeness (QED) is 0.582. The first-order valence-corrected chi connectivity index (χ1v) is 9.93. The van der Waals surface area contributed by atoms with Crippen LogP contribution in [0, 0.1) is 0 Å². The Bertz CT molecular complexity index is 957. The normalized spacial score (nSPS) is 11.7. The number of methoxy groups -OCH3 is 1. The molecule has 0 aliphatic rings. The van der Waals surface area contributed by atoms with E-state index in [2.05, 4.69) is 10.2 Å². The van der Waals surface area contributed by atoms with Crippen molar-refractivity contribution in [1.29, 1.82) is 0 Å².